The number of hydrogen-bond acceptors (Lipinski definition) is 5. The lowest BCUT2D eigenvalue weighted by atomic mass is 10.2. The first kappa shape index (κ1) is 20.2. The smallest absolute Gasteiger partial charge is 0.264 e. The van der Waals surface area contributed by atoms with Gasteiger partial charge >= 0.3 is 0 Å². The van der Waals surface area contributed by atoms with Crippen LogP contribution in [0.5, 0.6) is 5.75 Å². The molecule has 0 saturated carbocycles. The van der Waals surface area contributed by atoms with Gasteiger partial charge in [0.05, 0.1) is 25.9 Å². The van der Waals surface area contributed by atoms with Crippen LogP contribution in [0.25, 0.3) is 0 Å². The summed E-state index contributed by atoms with van der Waals surface area (Å²) < 4.78 is 41.1. The summed E-state index contributed by atoms with van der Waals surface area (Å²) in [6, 6.07) is 6.57. The van der Waals surface area contributed by atoms with Gasteiger partial charge in [0.15, 0.2) is 0 Å². The molecule has 1 aliphatic heterocycles. The van der Waals surface area contributed by atoms with E-state index < -0.39 is 10.0 Å². The monoisotopic (exact) mass is 407 g/mol. The number of nitrogens with zero attached hydrogens (tertiary/aromatic N) is 2. The largest absolute Gasteiger partial charge is 0.497 e. The minimum absolute atomic E-state index is 0.0137. The highest BCUT2D eigenvalue weighted by Gasteiger charge is 2.33. The van der Waals surface area contributed by atoms with E-state index in [0.717, 1.165) is 0 Å². The van der Waals surface area contributed by atoms with E-state index in [1.54, 1.807) is 61.7 Å². The standard InChI is InChI=1S/C19H25N3O5S/c1-13-17(19(23)22-9-11-27-12-10-22)18(14(2)21(13)3)28(24,25)20-15-5-7-16(26-4)8-6-15/h5-8,20H,9-12H2,1-4H3. The molecule has 1 amide bonds. The molecule has 8 nitrogen and oxygen atoms in total. The maximum Gasteiger partial charge on any atom is 0.264 e. The third-order valence-electron chi connectivity index (χ3n) is 5.05. The molecular weight excluding hydrogens is 382 g/mol. The van der Waals surface area contributed by atoms with Crippen LogP contribution in [0.4, 0.5) is 5.69 Å². The normalized spacial score (nSPS) is 14.8. The van der Waals surface area contributed by atoms with Crippen molar-refractivity contribution in [1.29, 1.82) is 0 Å². The Labute approximate surface area is 165 Å². The molecule has 1 aromatic carbocycles. The minimum Gasteiger partial charge on any atom is -0.497 e. The Bertz CT molecular complexity index is 974. The minimum atomic E-state index is -3.97. The number of anilines is 1. The topological polar surface area (TPSA) is 89.9 Å². The van der Waals surface area contributed by atoms with Crippen molar-refractivity contribution in [1.82, 2.24) is 9.47 Å². The van der Waals surface area contributed by atoms with Crippen molar-refractivity contribution < 1.29 is 22.7 Å². The van der Waals surface area contributed by atoms with Crippen molar-refractivity contribution >= 4 is 21.6 Å². The number of nitrogens with one attached hydrogen (secondary N) is 1. The predicted molar refractivity (Wildman–Crippen MR) is 105 cm³/mol. The van der Waals surface area contributed by atoms with Crippen LogP contribution >= 0.6 is 0 Å². The van der Waals surface area contributed by atoms with Crippen LogP contribution in [-0.4, -0.2) is 57.2 Å². The fraction of sp³-hybridized carbons (Fsp3) is 0.421. The number of ether oxygens (including phenoxy) is 2. The molecule has 1 N–H and O–H groups in total. The number of hydrogen-bond donors (Lipinski definition) is 1. The zero-order chi connectivity index (χ0) is 20.5. The third kappa shape index (κ3) is 3.72. The molecule has 1 aliphatic rings. The summed E-state index contributed by atoms with van der Waals surface area (Å²) in [5.74, 6) is 0.331. The van der Waals surface area contributed by atoms with Gasteiger partial charge in [0, 0.05) is 37.2 Å². The lowest BCUT2D eigenvalue weighted by molar-refractivity contribution is 0.0300. The van der Waals surface area contributed by atoms with Crippen molar-refractivity contribution in [2.45, 2.75) is 18.7 Å². The number of sulfonamides is 1. The molecule has 2 aromatic rings. The highest BCUT2D eigenvalue weighted by atomic mass is 32.2. The van der Waals surface area contributed by atoms with E-state index in [1.165, 1.54) is 0 Å². The highest BCUT2D eigenvalue weighted by molar-refractivity contribution is 7.92. The number of carbonyl (C=O) groups excluding carboxylic acids is 1. The van der Waals surface area contributed by atoms with Crippen LogP contribution in [-0.2, 0) is 21.8 Å². The molecule has 9 heteroatoms. The molecule has 0 spiro atoms. The van der Waals surface area contributed by atoms with Crippen molar-refractivity contribution in [2.24, 2.45) is 7.05 Å². The first-order valence-electron chi connectivity index (χ1n) is 8.96. The quantitative estimate of drug-likeness (QED) is 0.818. The molecule has 0 unspecified atom stereocenters. The zero-order valence-corrected chi connectivity index (χ0v) is 17.3. The van der Waals surface area contributed by atoms with Gasteiger partial charge in [0.25, 0.3) is 15.9 Å². The van der Waals surface area contributed by atoms with Gasteiger partial charge in [-0.1, -0.05) is 0 Å². The van der Waals surface area contributed by atoms with Crippen LogP contribution < -0.4 is 9.46 Å². The Morgan fingerprint density at radius 1 is 1.11 bits per heavy atom. The molecular formula is C19H25N3O5S. The van der Waals surface area contributed by atoms with Gasteiger partial charge < -0.3 is 18.9 Å². The number of morpholine rings is 1. The molecule has 3 rings (SSSR count). The van der Waals surface area contributed by atoms with E-state index in [2.05, 4.69) is 4.72 Å². The van der Waals surface area contributed by atoms with Crippen LogP contribution in [0, 0.1) is 13.8 Å². The second-order valence-electron chi connectivity index (χ2n) is 6.67. The van der Waals surface area contributed by atoms with Crippen LogP contribution in [0.2, 0.25) is 0 Å². The Hall–Kier alpha value is -2.52. The SMILES string of the molecule is COc1ccc(NS(=O)(=O)c2c(C(=O)N3CCOCC3)c(C)n(C)c2C)cc1. The summed E-state index contributed by atoms with van der Waals surface area (Å²) in [4.78, 5) is 14.8. The number of carbonyl (C=O) groups is 1. The fourth-order valence-corrected chi connectivity index (χ4v) is 4.87. The molecule has 1 saturated heterocycles. The molecule has 0 atom stereocenters. The number of amides is 1. The van der Waals surface area contributed by atoms with Crippen molar-refractivity contribution in [3.63, 3.8) is 0 Å². The van der Waals surface area contributed by atoms with E-state index in [9.17, 15) is 13.2 Å². The Morgan fingerprint density at radius 2 is 1.71 bits per heavy atom. The van der Waals surface area contributed by atoms with Crippen molar-refractivity contribution in [2.75, 3.05) is 38.1 Å². The lowest BCUT2D eigenvalue weighted by Crippen LogP contribution is -2.41. The summed E-state index contributed by atoms with van der Waals surface area (Å²) in [6.45, 7) is 5.24. The molecule has 0 bridgehead atoms. The van der Waals surface area contributed by atoms with E-state index in [-0.39, 0.29) is 16.4 Å². The maximum atomic E-state index is 13.2. The second-order valence-corrected chi connectivity index (χ2v) is 8.29. The second kappa shape index (κ2) is 7.84. The van der Waals surface area contributed by atoms with Gasteiger partial charge in [0.1, 0.15) is 10.6 Å². The van der Waals surface area contributed by atoms with E-state index in [4.69, 9.17) is 9.47 Å². The average Bonchev–Trinajstić information content (AvgIpc) is 2.93. The van der Waals surface area contributed by atoms with E-state index in [1.807, 2.05) is 0 Å². The molecule has 2 heterocycles. The lowest BCUT2D eigenvalue weighted by Gasteiger charge is -2.27. The zero-order valence-electron chi connectivity index (χ0n) is 16.5. The van der Waals surface area contributed by atoms with Crippen molar-refractivity contribution in [3.05, 3.63) is 41.2 Å². The maximum absolute atomic E-state index is 13.2. The molecule has 1 aromatic heterocycles. The summed E-state index contributed by atoms with van der Waals surface area (Å²) in [5.41, 5.74) is 1.73. The van der Waals surface area contributed by atoms with Gasteiger partial charge in [0.2, 0.25) is 0 Å². The Kier molecular flexibility index (Phi) is 5.66. The van der Waals surface area contributed by atoms with Gasteiger partial charge in [-0.3, -0.25) is 9.52 Å². The number of aromatic nitrogens is 1. The predicted octanol–water partition coefficient (Wildman–Crippen LogP) is 1.92. The number of methoxy groups -OCH3 is 1. The van der Waals surface area contributed by atoms with Crippen LogP contribution in [0.3, 0.4) is 0 Å². The third-order valence-corrected chi connectivity index (χ3v) is 6.59. The van der Waals surface area contributed by atoms with Crippen LogP contribution in [0.15, 0.2) is 29.2 Å². The molecule has 0 aliphatic carbocycles. The summed E-state index contributed by atoms with van der Waals surface area (Å²) >= 11 is 0. The Morgan fingerprint density at radius 3 is 2.29 bits per heavy atom. The van der Waals surface area contributed by atoms with E-state index in [0.29, 0.717) is 49.1 Å². The molecule has 152 valence electrons. The molecule has 1 fully saturated rings. The Balaban J connectivity index is 2.01. The van der Waals surface area contributed by atoms with Gasteiger partial charge in [-0.15, -0.1) is 0 Å². The highest BCUT2D eigenvalue weighted by Crippen LogP contribution is 2.29. The summed E-state index contributed by atoms with van der Waals surface area (Å²) in [7, 11) is -0.672. The fourth-order valence-electron chi connectivity index (χ4n) is 3.29. The average molecular weight is 407 g/mol. The number of benzene rings is 1. The van der Waals surface area contributed by atoms with Gasteiger partial charge in [-0.2, -0.15) is 0 Å². The van der Waals surface area contributed by atoms with Crippen molar-refractivity contribution in [3.8, 4) is 5.75 Å². The number of rotatable bonds is 5. The van der Waals surface area contributed by atoms with Crippen LogP contribution in [0.1, 0.15) is 21.7 Å². The van der Waals surface area contributed by atoms with Gasteiger partial charge in [-0.25, -0.2) is 8.42 Å². The summed E-state index contributed by atoms with van der Waals surface area (Å²) in [5, 5.41) is 0. The first-order chi connectivity index (χ1) is 13.3. The molecule has 28 heavy (non-hydrogen) atoms. The first-order valence-corrected chi connectivity index (χ1v) is 10.4. The summed E-state index contributed by atoms with van der Waals surface area (Å²) in [6.07, 6.45) is 0. The molecule has 0 radical (unpaired) electrons. The van der Waals surface area contributed by atoms with Gasteiger partial charge in [-0.05, 0) is 38.1 Å². The van der Waals surface area contributed by atoms with E-state index >= 15 is 0 Å².